The first-order valence-corrected chi connectivity index (χ1v) is 7.35. The molecule has 1 unspecified atom stereocenters. The second-order valence-corrected chi connectivity index (χ2v) is 5.96. The number of nitrogens with one attached hydrogen (secondary N) is 1. The Morgan fingerprint density at radius 3 is 3.00 bits per heavy atom. The van der Waals surface area contributed by atoms with Crippen molar-refractivity contribution in [2.75, 3.05) is 18.0 Å². The van der Waals surface area contributed by atoms with Crippen molar-refractivity contribution in [3.8, 4) is 0 Å². The molecule has 1 atom stereocenters. The molecule has 1 aliphatic heterocycles. The Kier molecular flexibility index (Phi) is 3.69. The van der Waals surface area contributed by atoms with Gasteiger partial charge in [0.25, 0.3) is 0 Å². The van der Waals surface area contributed by atoms with Gasteiger partial charge in [-0.25, -0.2) is 9.37 Å². The van der Waals surface area contributed by atoms with Crippen molar-refractivity contribution >= 4 is 5.82 Å². The van der Waals surface area contributed by atoms with Crippen LogP contribution in [-0.2, 0) is 6.54 Å². The lowest BCUT2D eigenvalue weighted by atomic mass is 10.0. The standard InChI is InChI=1S/C15H22FN3/c1-11-3-2-8-19(10-11)15-14(16)12(6-7-17-15)9-18-13-4-5-13/h6-7,11,13,18H,2-5,8-10H2,1H3. The van der Waals surface area contributed by atoms with Gasteiger partial charge in [-0.1, -0.05) is 6.92 Å². The maximum Gasteiger partial charge on any atom is 0.170 e. The highest BCUT2D eigenvalue weighted by atomic mass is 19.1. The fourth-order valence-electron chi connectivity index (χ4n) is 2.75. The molecule has 0 spiro atoms. The third-order valence-electron chi connectivity index (χ3n) is 4.07. The molecule has 3 rings (SSSR count). The average Bonchev–Trinajstić information content (AvgIpc) is 3.22. The number of aromatic nitrogens is 1. The van der Waals surface area contributed by atoms with Crippen LogP contribution in [0.5, 0.6) is 0 Å². The van der Waals surface area contributed by atoms with E-state index in [0.717, 1.165) is 25.1 Å². The fourth-order valence-corrected chi connectivity index (χ4v) is 2.75. The molecule has 104 valence electrons. The van der Waals surface area contributed by atoms with Crippen molar-refractivity contribution < 1.29 is 4.39 Å². The predicted molar refractivity (Wildman–Crippen MR) is 74.7 cm³/mol. The minimum atomic E-state index is -0.134. The van der Waals surface area contributed by atoms with E-state index in [1.54, 1.807) is 12.3 Å². The Hall–Kier alpha value is -1.16. The molecule has 1 aromatic heterocycles. The topological polar surface area (TPSA) is 28.2 Å². The number of anilines is 1. The smallest absolute Gasteiger partial charge is 0.170 e. The summed E-state index contributed by atoms with van der Waals surface area (Å²) in [5.41, 5.74) is 0.745. The van der Waals surface area contributed by atoms with Gasteiger partial charge in [0.05, 0.1) is 0 Å². The summed E-state index contributed by atoms with van der Waals surface area (Å²) in [5.74, 6) is 1.04. The number of pyridine rings is 1. The summed E-state index contributed by atoms with van der Waals surface area (Å²) in [6, 6.07) is 2.40. The van der Waals surface area contributed by atoms with Gasteiger partial charge in [-0.15, -0.1) is 0 Å². The lowest BCUT2D eigenvalue weighted by Crippen LogP contribution is -2.35. The van der Waals surface area contributed by atoms with Gasteiger partial charge in [0.15, 0.2) is 11.6 Å². The normalized spacial score (nSPS) is 23.7. The molecule has 2 heterocycles. The van der Waals surface area contributed by atoms with Gasteiger partial charge in [-0.2, -0.15) is 0 Å². The third kappa shape index (κ3) is 3.06. The Morgan fingerprint density at radius 2 is 2.26 bits per heavy atom. The van der Waals surface area contributed by atoms with Crippen LogP contribution in [0.25, 0.3) is 0 Å². The number of nitrogens with zero attached hydrogens (tertiary/aromatic N) is 2. The maximum absolute atomic E-state index is 14.5. The summed E-state index contributed by atoms with van der Waals surface area (Å²) in [6.45, 7) is 4.69. The number of rotatable bonds is 4. The van der Waals surface area contributed by atoms with Crippen LogP contribution in [0.2, 0.25) is 0 Å². The molecule has 0 radical (unpaired) electrons. The Bertz CT molecular complexity index is 445. The SMILES string of the molecule is CC1CCCN(c2nccc(CNC3CC3)c2F)C1. The zero-order chi connectivity index (χ0) is 13.2. The molecular weight excluding hydrogens is 241 g/mol. The van der Waals surface area contributed by atoms with E-state index in [2.05, 4.69) is 22.1 Å². The van der Waals surface area contributed by atoms with Gasteiger partial charge < -0.3 is 10.2 Å². The average molecular weight is 263 g/mol. The summed E-state index contributed by atoms with van der Waals surface area (Å²) in [6.07, 6.45) is 6.56. The zero-order valence-electron chi connectivity index (χ0n) is 11.5. The maximum atomic E-state index is 14.5. The molecule has 1 N–H and O–H groups in total. The lowest BCUT2D eigenvalue weighted by molar-refractivity contribution is 0.438. The molecule has 1 aromatic rings. The van der Waals surface area contributed by atoms with Crippen LogP contribution in [0.15, 0.2) is 12.3 Å². The summed E-state index contributed by atoms with van der Waals surface area (Å²) >= 11 is 0. The van der Waals surface area contributed by atoms with Crippen LogP contribution in [0, 0.1) is 11.7 Å². The van der Waals surface area contributed by atoms with Gasteiger partial charge in [0, 0.05) is 37.4 Å². The first-order chi connectivity index (χ1) is 9.24. The molecule has 19 heavy (non-hydrogen) atoms. The number of piperidine rings is 1. The van der Waals surface area contributed by atoms with E-state index in [-0.39, 0.29) is 5.82 Å². The molecule has 1 saturated heterocycles. The molecular formula is C15H22FN3. The van der Waals surface area contributed by atoms with Crippen LogP contribution >= 0.6 is 0 Å². The summed E-state index contributed by atoms with van der Waals surface area (Å²) in [4.78, 5) is 6.36. The quantitative estimate of drug-likeness (QED) is 0.905. The molecule has 4 heteroatoms. The number of hydrogen-bond donors (Lipinski definition) is 1. The molecule has 0 amide bonds. The summed E-state index contributed by atoms with van der Waals surface area (Å²) in [5, 5.41) is 3.37. The van der Waals surface area contributed by atoms with Crippen LogP contribution in [0.1, 0.15) is 38.2 Å². The van der Waals surface area contributed by atoms with Crippen molar-refractivity contribution in [2.24, 2.45) is 5.92 Å². The van der Waals surface area contributed by atoms with E-state index in [0.29, 0.717) is 24.3 Å². The van der Waals surface area contributed by atoms with Crippen molar-refractivity contribution in [1.82, 2.24) is 10.3 Å². The molecule has 0 aromatic carbocycles. The van der Waals surface area contributed by atoms with Crippen molar-refractivity contribution in [2.45, 2.75) is 45.2 Å². The van der Waals surface area contributed by atoms with E-state index >= 15 is 0 Å². The van der Waals surface area contributed by atoms with Crippen LogP contribution in [0.3, 0.4) is 0 Å². The zero-order valence-corrected chi connectivity index (χ0v) is 11.5. The Labute approximate surface area is 114 Å². The minimum absolute atomic E-state index is 0.134. The third-order valence-corrected chi connectivity index (χ3v) is 4.07. The van der Waals surface area contributed by atoms with Gasteiger partial charge >= 0.3 is 0 Å². The largest absolute Gasteiger partial charge is 0.354 e. The van der Waals surface area contributed by atoms with E-state index < -0.39 is 0 Å². The molecule has 3 nitrogen and oxygen atoms in total. The Morgan fingerprint density at radius 1 is 1.42 bits per heavy atom. The van der Waals surface area contributed by atoms with E-state index in [4.69, 9.17) is 0 Å². The minimum Gasteiger partial charge on any atom is -0.354 e. The molecule has 0 bridgehead atoms. The van der Waals surface area contributed by atoms with Gasteiger partial charge in [-0.3, -0.25) is 0 Å². The second-order valence-electron chi connectivity index (χ2n) is 5.96. The summed E-state index contributed by atoms with van der Waals surface area (Å²) < 4.78 is 14.5. The van der Waals surface area contributed by atoms with E-state index in [9.17, 15) is 4.39 Å². The highest BCUT2D eigenvalue weighted by Gasteiger charge is 2.23. The predicted octanol–water partition coefficient (Wildman–Crippen LogP) is 2.71. The molecule has 1 saturated carbocycles. The molecule has 2 fully saturated rings. The van der Waals surface area contributed by atoms with Crippen molar-refractivity contribution in [1.29, 1.82) is 0 Å². The van der Waals surface area contributed by atoms with E-state index in [1.165, 1.54) is 19.3 Å². The lowest BCUT2D eigenvalue weighted by Gasteiger charge is -2.32. The fraction of sp³-hybridized carbons (Fsp3) is 0.667. The van der Waals surface area contributed by atoms with Crippen molar-refractivity contribution in [3.05, 3.63) is 23.6 Å². The first-order valence-electron chi connectivity index (χ1n) is 7.35. The molecule has 2 aliphatic rings. The number of halogens is 1. The van der Waals surface area contributed by atoms with E-state index in [1.807, 2.05) is 0 Å². The Balaban J connectivity index is 1.74. The highest BCUT2D eigenvalue weighted by Crippen LogP contribution is 2.26. The van der Waals surface area contributed by atoms with Crippen LogP contribution < -0.4 is 10.2 Å². The van der Waals surface area contributed by atoms with Gasteiger partial charge in [0.2, 0.25) is 0 Å². The van der Waals surface area contributed by atoms with Crippen molar-refractivity contribution in [3.63, 3.8) is 0 Å². The molecule has 1 aliphatic carbocycles. The van der Waals surface area contributed by atoms with Gasteiger partial charge in [-0.05, 0) is 37.7 Å². The number of hydrogen-bond acceptors (Lipinski definition) is 3. The van der Waals surface area contributed by atoms with Crippen LogP contribution in [0.4, 0.5) is 10.2 Å². The van der Waals surface area contributed by atoms with Crippen LogP contribution in [-0.4, -0.2) is 24.1 Å². The highest BCUT2D eigenvalue weighted by molar-refractivity contribution is 5.43. The summed E-state index contributed by atoms with van der Waals surface area (Å²) in [7, 11) is 0. The second kappa shape index (κ2) is 5.45. The van der Waals surface area contributed by atoms with Gasteiger partial charge in [0.1, 0.15) is 0 Å². The monoisotopic (exact) mass is 263 g/mol. The first kappa shape index (κ1) is 12.9.